The second-order valence-electron chi connectivity index (χ2n) is 5.23. The van der Waals surface area contributed by atoms with E-state index in [9.17, 15) is 18.0 Å². The first-order valence-electron chi connectivity index (χ1n) is 7.17. The fourth-order valence-corrected chi connectivity index (χ4v) is 2.72. The summed E-state index contributed by atoms with van der Waals surface area (Å²) >= 11 is 5.93. The van der Waals surface area contributed by atoms with E-state index in [2.05, 4.69) is 5.32 Å². The number of sulfone groups is 1. The van der Waals surface area contributed by atoms with Crippen LogP contribution in [-0.4, -0.2) is 33.2 Å². The molecule has 1 N–H and O–H groups in total. The van der Waals surface area contributed by atoms with Crippen LogP contribution in [0, 0.1) is 11.3 Å². The van der Waals surface area contributed by atoms with Crippen molar-refractivity contribution in [3.8, 4) is 6.07 Å². The monoisotopic (exact) mass is 392 g/mol. The Balaban J connectivity index is 2.00. The molecule has 7 nitrogen and oxygen atoms in total. The van der Waals surface area contributed by atoms with Crippen molar-refractivity contribution < 1.29 is 22.7 Å². The van der Waals surface area contributed by atoms with Crippen molar-refractivity contribution in [2.45, 2.75) is 4.90 Å². The third kappa shape index (κ3) is 5.05. The van der Waals surface area contributed by atoms with Crippen molar-refractivity contribution >= 4 is 39.0 Å². The van der Waals surface area contributed by atoms with Crippen LogP contribution >= 0.6 is 11.6 Å². The molecule has 0 heterocycles. The Kier molecular flexibility index (Phi) is 5.97. The van der Waals surface area contributed by atoms with E-state index >= 15 is 0 Å². The predicted octanol–water partition coefficient (Wildman–Crippen LogP) is 2.41. The van der Waals surface area contributed by atoms with Crippen molar-refractivity contribution in [1.29, 1.82) is 5.26 Å². The Morgan fingerprint density at radius 3 is 2.42 bits per heavy atom. The van der Waals surface area contributed by atoms with Gasteiger partial charge < -0.3 is 10.1 Å². The Labute approximate surface area is 155 Å². The zero-order chi connectivity index (χ0) is 19.3. The maximum atomic E-state index is 11.9. The number of anilines is 1. The fraction of sp³-hybridized carbons (Fsp3) is 0.118. The van der Waals surface area contributed by atoms with E-state index in [0.29, 0.717) is 5.56 Å². The number of carbonyl (C=O) groups excluding carboxylic acids is 2. The average Bonchev–Trinajstić information content (AvgIpc) is 2.60. The number of halogens is 1. The van der Waals surface area contributed by atoms with Gasteiger partial charge in [-0.2, -0.15) is 5.26 Å². The summed E-state index contributed by atoms with van der Waals surface area (Å²) < 4.78 is 28.0. The summed E-state index contributed by atoms with van der Waals surface area (Å²) in [5.74, 6) is -1.42. The number of nitriles is 1. The van der Waals surface area contributed by atoms with Gasteiger partial charge in [-0.3, -0.25) is 4.79 Å². The molecule has 0 radical (unpaired) electrons. The molecule has 134 valence electrons. The van der Waals surface area contributed by atoms with Gasteiger partial charge in [0, 0.05) is 6.26 Å². The van der Waals surface area contributed by atoms with Gasteiger partial charge in [-0.25, -0.2) is 13.2 Å². The highest BCUT2D eigenvalue weighted by Crippen LogP contribution is 2.25. The van der Waals surface area contributed by atoms with Crippen LogP contribution in [0.15, 0.2) is 47.4 Å². The van der Waals surface area contributed by atoms with E-state index in [4.69, 9.17) is 21.6 Å². The minimum absolute atomic E-state index is 0.00761. The molecule has 0 saturated heterocycles. The molecule has 0 bridgehead atoms. The number of carbonyl (C=O) groups is 2. The van der Waals surface area contributed by atoms with E-state index in [1.165, 1.54) is 42.5 Å². The van der Waals surface area contributed by atoms with E-state index in [0.717, 1.165) is 6.26 Å². The second-order valence-corrected chi connectivity index (χ2v) is 7.65. The van der Waals surface area contributed by atoms with Crippen molar-refractivity contribution in [2.75, 3.05) is 18.2 Å². The number of hydrogen-bond donors (Lipinski definition) is 1. The molecule has 0 saturated carbocycles. The maximum absolute atomic E-state index is 11.9. The first kappa shape index (κ1) is 19.4. The van der Waals surface area contributed by atoms with Gasteiger partial charge in [-0.1, -0.05) is 11.6 Å². The molecular weight excluding hydrogens is 380 g/mol. The summed E-state index contributed by atoms with van der Waals surface area (Å²) in [4.78, 5) is 23.8. The first-order valence-corrected chi connectivity index (χ1v) is 9.44. The van der Waals surface area contributed by atoms with Crippen molar-refractivity contribution in [3.05, 3.63) is 58.6 Å². The third-order valence-corrected chi connectivity index (χ3v) is 4.66. The van der Waals surface area contributed by atoms with Crippen LogP contribution in [0.25, 0.3) is 0 Å². The normalized spacial score (nSPS) is 10.7. The highest BCUT2D eigenvalue weighted by Gasteiger charge is 2.14. The Bertz CT molecular complexity index is 995. The van der Waals surface area contributed by atoms with Crippen LogP contribution in [0.3, 0.4) is 0 Å². The Morgan fingerprint density at radius 1 is 1.19 bits per heavy atom. The molecule has 1 amide bonds. The zero-order valence-electron chi connectivity index (χ0n) is 13.5. The molecular formula is C17H13ClN2O5S. The van der Waals surface area contributed by atoms with E-state index in [-0.39, 0.29) is 21.2 Å². The number of amides is 1. The molecule has 0 spiro atoms. The van der Waals surface area contributed by atoms with Gasteiger partial charge in [0.1, 0.15) is 0 Å². The van der Waals surface area contributed by atoms with E-state index in [1.54, 1.807) is 0 Å². The quantitative estimate of drug-likeness (QED) is 0.781. The van der Waals surface area contributed by atoms with Crippen LogP contribution in [0.1, 0.15) is 15.9 Å². The maximum Gasteiger partial charge on any atom is 0.338 e. The lowest BCUT2D eigenvalue weighted by Crippen LogP contribution is -2.21. The van der Waals surface area contributed by atoms with Gasteiger partial charge in [-0.15, -0.1) is 0 Å². The summed E-state index contributed by atoms with van der Waals surface area (Å²) in [6.07, 6.45) is 1.03. The topological polar surface area (TPSA) is 113 Å². The number of nitrogens with zero attached hydrogens (tertiary/aromatic N) is 1. The molecule has 2 aromatic carbocycles. The minimum Gasteiger partial charge on any atom is -0.452 e. The number of benzene rings is 2. The smallest absolute Gasteiger partial charge is 0.338 e. The molecule has 2 rings (SSSR count). The van der Waals surface area contributed by atoms with Crippen molar-refractivity contribution in [2.24, 2.45) is 0 Å². The van der Waals surface area contributed by atoms with E-state index < -0.39 is 28.3 Å². The average molecular weight is 393 g/mol. The first-order chi connectivity index (χ1) is 12.2. The van der Waals surface area contributed by atoms with Crippen LogP contribution in [0.5, 0.6) is 0 Å². The lowest BCUT2D eigenvalue weighted by molar-refractivity contribution is -0.119. The molecule has 0 aliphatic heterocycles. The van der Waals surface area contributed by atoms with Gasteiger partial charge in [0.25, 0.3) is 5.91 Å². The number of ether oxygens (including phenoxy) is 1. The summed E-state index contributed by atoms with van der Waals surface area (Å²) in [6, 6.07) is 11.5. The van der Waals surface area contributed by atoms with Crippen molar-refractivity contribution in [1.82, 2.24) is 0 Å². The van der Waals surface area contributed by atoms with Crippen LogP contribution in [-0.2, 0) is 19.4 Å². The molecule has 0 atom stereocenters. The van der Waals surface area contributed by atoms with E-state index in [1.807, 2.05) is 6.07 Å². The predicted molar refractivity (Wildman–Crippen MR) is 94.6 cm³/mol. The molecule has 0 aromatic heterocycles. The lowest BCUT2D eigenvalue weighted by Gasteiger charge is -2.09. The van der Waals surface area contributed by atoms with Gasteiger partial charge in [-0.05, 0) is 42.5 Å². The molecule has 9 heteroatoms. The summed E-state index contributed by atoms with van der Waals surface area (Å²) in [5.41, 5.74) is 0.669. The molecule has 2 aromatic rings. The number of hydrogen-bond acceptors (Lipinski definition) is 6. The lowest BCUT2D eigenvalue weighted by atomic mass is 10.1. The number of esters is 1. The number of nitrogens with one attached hydrogen (secondary N) is 1. The largest absolute Gasteiger partial charge is 0.452 e. The van der Waals surface area contributed by atoms with Gasteiger partial charge in [0.05, 0.1) is 32.8 Å². The van der Waals surface area contributed by atoms with Crippen LogP contribution in [0.2, 0.25) is 5.02 Å². The second kappa shape index (κ2) is 7.99. The molecule has 0 unspecified atom stereocenters. The molecule has 0 aliphatic rings. The number of rotatable bonds is 5. The summed E-state index contributed by atoms with van der Waals surface area (Å²) in [5, 5.41) is 11.2. The van der Waals surface area contributed by atoms with Gasteiger partial charge >= 0.3 is 5.97 Å². The summed E-state index contributed by atoms with van der Waals surface area (Å²) in [6.45, 7) is -0.585. The molecule has 26 heavy (non-hydrogen) atoms. The minimum atomic E-state index is -3.46. The Morgan fingerprint density at radius 2 is 1.85 bits per heavy atom. The third-order valence-electron chi connectivity index (χ3n) is 3.22. The Hall–Kier alpha value is -2.89. The van der Waals surface area contributed by atoms with Crippen molar-refractivity contribution in [3.63, 3.8) is 0 Å². The highest BCUT2D eigenvalue weighted by atomic mass is 35.5. The highest BCUT2D eigenvalue weighted by molar-refractivity contribution is 7.90. The van der Waals surface area contributed by atoms with Crippen LogP contribution < -0.4 is 5.32 Å². The molecule has 0 aliphatic carbocycles. The molecule has 0 fully saturated rings. The van der Waals surface area contributed by atoms with Gasteiger partial charge in [0.15, 0.2) is 16.4 Å². The van der Waals surface area contributed by atoms with Gasteiger partial charge in [0.2, 0.25) is 0 Å². The van der Waals surface area contributed by atoms with Crippen LogP contribution in [0.4, 0.5) is 5.69 Å². The summed E-state index contributed by atoms with van der Waals surface area (Å²) in [7, 11) is -3.46. The zero-order valence-corrected chi connectivity index (χ0v) is 15.1. The standard InChI is InChI=1S/C17H13ClN2O5S/c1-26(23,24)13-6-7-14(18)15(8-13)20-16(21)10-25-17(22)12-4-2-11(9-19)3-5-12/h2-8H,10H2,1H3,(H,20,21). The fourth-order valence-electron chi connectivity index (χ4n) is 1.91. The SMILES string of the molecule is CS(=O)(=O)c1ccc(Cl)c(NC(=O)COC(=O)c2ccc(C#N)cc2)c1.